The minimum absolute atomic E-state index is 0.168. The van der Waals surface area contributed by atoms with Crippen molar-refractivity contribution in [3.8, 4) is 0 Å². The molecular formula is C26H42Cl2N2O4. The van der Waals surface area contributed by atoms with Crippen molar-refractivity contribution in [2.45, 2.75) is 85.3 Å². The molecule has 194 valence electrons. The second kappa shape index (κ2) is 13.4. The first-order valence-corrected chi connectivity index (χ1v) is 13.0. The van der Waals surface area contributed by atoms with Crippen molar-refractivity contribution in [1.82, 2.24) is 5.32 Å². The summed E-state index contributed by atoms with van der Waals surface area (Å²) in [4.78, 5) is 26.0. The van der Waals surface area contributed by atoms with Crippen molar-refractivity contribution < 1.29 is 19.4 Å². The highest BCUT2D eigenvalue weighted by Gasteiger charge is 2.29. The molecule has 8 heteroatoms. The van der Waals surface area contributed by atoms with Crippen LogP contribution in [0.25, 0.3) is 0 Å². The average Bonchev–Trinajstić information content (AvgIpc) is 2.64. The number of anilines is 1. The minimum atomic E-state index is -0.959. The summed E-state index contributed by atoms with van der Waals surface area (Å²) in [6.45, 7) is 15.3. The highest BCUT2D eigenvalue weighted by atomic mass is 35.5. The third kappa shape index (κ3) is 11.2. The van der Waals surface area contributed by atoms with Gasteiger partial charge in [-0.1, -0.05) is 33.8 Å². The number of carbonyl (C=O) groups is 2. The molecule has 0 radical (unpaired) electrons. The number of aliphatic carboxylic acids is 1. The van der Waals surface area contributed by atoms with E-state index in [9.17, 15) is 14.7 Å². The lowest BCUT2D eigenvalue weighted by atomic mass is 9.77. The van der Waals surface area contributed by atoms with E-state index in [1.807, 2.05) is 0 Å². The third-order valence-corrected chi connectivity index (χ3v) is 5.77. The number of halogens is 2. The lowest BCUT2D eigenvalue weighted by molar-refractivity contribution is -0.137. The van der Waals surface area contributed by atoms with Crippen LogP contribution in [0, 0.1) is 5.41 Å². The van der Waals surface area contributed by atoms with Gasteiger partial charge in [0.15, 0.2) is 0 Å². The third-order valence-electron chi connectivity index (χ3n) is 5.43. The zero-order chi connectivity index (χ0) is 26.1. The highest BCUT2D eigenvalue weighted by Crippen LogP contribution is 2.34. The zero-order valence-electron chi connectivity index (χ0n) is 21.7. The number of amides is 1. The highest BCUT2D eigenvalue weighted by molar-refractivity contribution is 6.18. The second-order valence-electron chi connectivity index (χ2n) is 10.9. The molecule has 0 saturated heterocycles. The number of alkyl carbamates (subject to hydrolysis) is 1. The molecule has 6 nitrogen and oxygen atoms in total. The minimum Gasteiger partial charge on any atom is -0.481 e. The number of carboxylic acids is 1. The first-order valence-electron chi connectivity index (χ1n) is 11.9. The van der Waals surface area contributed by atoms with Gasteiger partial charge in [0.2, 0.25) is 0 Å². The number of rotatable bonds is 13. The smallest absolute Gasteiger partial charge is 0.407 e. The van der Waals surface area contributed by atoms with Gasteiger partial charge >= 0.3 is 12.1 Å². The van der Waals surface area contributed by atoms with E-state index in [1.165, 1.54) is 11.1 Å². The molecule has 0 aliphatic rings. The number of ether oxygens (including phenoxy) is 1. The van der Waals surface area contributed by atoms with Gasteiger partial charge in [0.25, 0.3) is 0 Å². The van der Waals surface area contributed by atoms with Gasteiger partial charge in [-0.2, -0.15) is 0 Å². The number of benzene rings is 1. The fourth-order valence-electron chi connectivity index (χ4n) is 4.19. The topological polar surface area (TPSA) is 78.9 Å². The molecule has 0 saturated carbocycles. The Morgan fingerprint density at radius 1 is 1.09 bits per heavy atom. The molecule has 1 aromatic carbocycles. The van der Waals surface area contributed by atoms with E-state index in [4.69, 9.17) is 27.9 Å². The van der Waals surface area contributed by atoms with Crippen LogP contribution in [0.15, 0.2) is 18.2 Å². The molecule has 2 N–H and O–H groups in total. The van der Waals surface area contributed by atoms with Crippen LogP contribution in [-0.4, -0.2) is 53.7 Å². The molecule has 0 unspecified atom stereocenters. The number of carboxylic acid groups (broad SMARTS) is 1. The van der Waals surface area contributed by atoms with Crippen molar-refractivity contribution in [3.63, 3.8) is 0 Å². The van der Waals surface area contributed by atoms with Crippen LogP contribution >= 0.6 is 23.2 Å². The summed E-state index contributed by atoms with van der Waals surface area (Å²) in [5.41, 5.74) is 2.60. The maximum absolute atomic E-state index is 12.3. The SMILES string of the molecule is CC(C)c1ccc(N(CCCl)CCCl)cc1CC(C)(C)C[C@@H](CC(=O)O)NC(=O)OC(C)(C)C. The number of carbonyl (C=O) groups excluding carboxylic acids is 1. The summed E-state index contributed by atoms with van der Waals surface area (Å²) in [6.07, 6.45) is 0.458. The summed E-state index contributed by atoms with van der Waals surface area (Å²) in [6, 6.07) is 5.93. The molecule has 1 aromatic rings. The molecule has 1 amide bonds. The predicted molar refractivity (Wildman–Crippen MR) is 142 cm³/mol. The molecule has 0 spiro atoms. The lowest BCUT2D eigenvalue weighted by Gasteiger charge is -2.32. The van der Waals surface area contributed by atoms with Crippen LogP contribution in [0.1, 0.15) is 78.4 Å². The molecule has 0 aliphatic carbocycles. The molecule has 0 fully saturated rings. The van der Waals surface area contributed by atoms with Crippen LogP contribution in [0.2, 0.25) is 0 Å². The van der Waals surface area contributed by atoms with E-state index in [0.717, 1.165) is 12.1 Å². The monoisotopic (exact) mass is 516 g/mol. The van der Waals surface area contributed by atoms with Crippen LogP contribution in [0.4, 0.5) is 10.5 Å². The summed E-state index contributed by atoms with van der Waals surface area (Å²) in [5.74, 6) is 0.400. The molecule has 0 aliphatic heterocycles. The van der Waals surface area contributed by atoms with Crippen molar-refractivity contribution >= 4 is 41.0 Å². The second-order valence-corrected chi connectivity index (χ2v) is 11.6. The van der Waals surface area contributed by atoms with Gasteiger partial charge in [-0.25, -0.2) is 4.79 Å². The fourth-order valence-corrected chi connectivity index (χ4v) is 4.60. The normalized spacial score (nSPS) is 13.0. The van der Waals surface area contributed by atoms with Crippen LogP contribution in [-0.2, 0) is 16.0 Å². The Balaban J connectivity index is 3.17. The Morgan fingerprint density at radius 3 is 2.15 bits per heavy atom. The van der Waals surface area contributed by atoms with E-state index >= 15 is 0 Å². The standard InChI is InChI=1S/C26H42Cl2N2O4/c1-18(2)22-9-8-21(30(12-10-27)13-11-28)14-19(22)16-26(6,7)17-20(15-23(31)32)29-24(33)34-25(3,4)5/h8-9,14,18,20H,10-13,15-17H2,1-7H3,(H,29,33)(H,31,32)/t20-/m1/s1. The van der Waals surface area contributed by atoms with Gasteiger partial charge in [-0.05, 0) is 68.2 Å². The summed E-state index contributed by atoms with van der Waals surface area (Å²) in [7, 11) is 0. The molecule has 1 atom stereocenters. The van der Waals surface area contributed by atoms with E-state index in [2.05, 4.69) is 56.1 Å². The molecule has 1 rings (SSSR count). The van der Waals surface area contributed by atoms with E-state index in [0.29, 0.717) is 37.2 Å². The van der Waals surface area contributed by atoms with Crippen molar-refractivity contribution in [3.05, 3.63) is 29.3 Å². The van der Waals surface area contributed by atoms with Gasteiger partial charge in [0.1, 0.15) is 5.60 Å². The van der Waals surface area contributed by atoms with Crippen molar-refractivity contribution in [1.29, 1.82) is 0 Å². The van der Waals surface area contributed by atoms with Gasteiger partial charge in [0, 0.05) is 36.6 Å². The maximum Gasteiger partial charge on any atom is 0.407 e. The number of nitrogens with one attached hydrogen (secondary N) is 1. The Bertz CT molecular complexity index is 800. The van der Waals surface area contributed by atoms with Gasteiger partial charge in [-0.15, -0.1) is 23.2 Å². The summed E-state index contributed by atoms with van der Waals surface area (Å²) in [5, 5.41) is 12.2. The Hall–Kier alpha value is -1.66. The first kappa shape index (κ1) is 30.4. The lowest BCUT2D eigenvalue weighted by Crippen LogP contribution is -2.42. The molecule has 0 aromatic heterocycles. The Kier molecular flexibility index (Phi) is 12.0. The Morgan fingerprint density at radius 2 is 1.68 bits per heavy atom. The molecular weight excluding hydrogens is 475 g/mol. The Labute approximate surface area is 215 Å². The van der Waals surface area contributed by atoms with Gasteiger partial charge in [-0.3, -0.25) is 4.79 Å². The zero-order valence-corrected chi connectivity index (χ0v) is 23.2. The van der Waals surface area contributed by atoms with E-state index in [1.54, 1.807) is 20.8 Å². The van der Waals surface area contributed by atoms with Gasteiger partial charge < -0.3 is 20.1 Å². The van der Waals surface area contributed by atoms with Gasteiger partial charge in [0.05, 0.1) is 6.42 Å². The number of alkyl halides is 2. The molecule has 34 heavy (non-hydrogen) atoms. The largest absolute Gasteiger partial charge is 0.481 e. The summed E-state index contributed by atoms with van der Waals surface area (Å²) >= 11 is 12.0. The van der Waals surface area contributed by atoms with Crippen LogP contribution in [0.3, 0.4) is 0 Å². The number of nitrogens with zero attached hydrogens (tertiary/aromatic N) is 1. The van der Waals surface area contributed by atoms with E-state index < -0.39 is 23.7 Å². The fraction of sp³-hybridized carbons (Fsp3) is 0.692. The predicted octanol–water partition coefficient (Wildman–Crippen LogP) is 6.42. The molecule has 0 heterocycles. The van der Waals surface area contributed by atoms with Crippen molar-refractivity contribution in [2.24, 2.45) is 5.41 Å². The van der Waals surface area contributed by atoms with E-state index in [-0.39, 0.29) is 11.8 Å². The van der Waals surface area contributed by atoms with Crippen molar-refractivity contribution in [2.75, 3.05) is 29.7 Å². The quantitative estimate of drug-likeness (QED) is 0.295. The summed E-state index contributed by atoms with van der Waals surface area (Å²) < 4.78 is 5.35. The van der Waals surface area contributed by atoms with Crippen LogP contribution in [0.5, 0.6) is 0 Å². The first-order chi connectivity index (χ1) is 15.7. The maximum atomic E-state index is 12.3. The van der Waals surface area contributed by atoms with Crippen LogP contribution < -0.4 is 10.2 Å². The number of hydrogen-bond donors (Lipinski definition) is 2. The average molecular weight is 518 g/mol. The number of hydrogen-bond acceptors (Lipinski definition) is 4. The molecule has 0 bridgehead atoms.